The van der Waals surface area contributed by atoms with E-state index in [1.807, 2.05) is 6.92 Å². The van der Waals surface area contributed by atoms with Gasteiger partial charge in [-0.25, -0.2) is 0 Å². The molecule has 2 aliphatic rings. The second-order valence-electron chi connectivity index (χ2n) is 7.85. The lowest BCUT2D eigenvalue weighted by molar-refractivity contribution is -0.125. The molecule has 2 saturated heterocycles. The molecule has 1 unspecified atom stereocenters. The van der Waals surface area contributed by atoms with Crippen LogP contribution in [0.15, 0.2) is 30.3 Å². The summed E-state index contributed by atoms with van der Waals surface area (Å²) in [5.41, 5.74) is 0.577. The normalized spacial score (nSPS) is 20.2. The van der Waals surface area contributed by atoms with Gasteiger partial charge in [-0.15, -0.1) is 17.8 Å². The van der Waals surface area contributed by atoms with Crippen LogP contribution in [0.1, 0.15) is 26.5 Å². The number of amides is 4. The zero-order valence-electron chi connectivity index (χ0n) is 17.9. The molecule has 3 heterocycles. The van der Waals surface area contributed by atoms with Gasteiger partial charge in [-0.2, -0.15) is 0 Å². The van der Waals surface area contributed by atoms with Gasteiger partial charge in [-0.3, -0.25) is 19.2 Å². The molecule has 0 aliphatic carbocycles. The van der Waals surface area contributed by atoms with Gasteiger partial charge < -0.3 is 25.6 Å². The van der Waals surface area contributed by atoms with Gasteiger partial charge in [-0.1, -0.05) is 5.92 Å². The van der Waals surface area contributed by atoms with E-state index < -0.39 is 17.4 Å². The van der Waals surface area contributed by atoms with E-state index in [2.05, 4.69) is 21.9 Å². The van der Waals surface area contributed by atoms with E-state index in [1.165, 1.54) is 0 Å². The van der Waals surface area contributed by atoms with Crippen LogP contribution in [-0.4, -0.2) is 55.5 Å². The Bertz CT molecular complexity index is 1180. The maximum absolute atomic E-state index is 13.2. The summed E-state index contributed by atoms with van der Waals surface area (Å²) in [7, 11) is 0. The molecular formula is C23H22N4O5S. The van der Waals surface area contributed by atoms with Crippen LogP contribution in [0.4, 0.5) is 11.4 Å². The largest absolute Gasteiger partial charge is 0.370 e. The lowest BCUT2D eigenvalue weighted by Crippen LogP contribution is -2.58. The Kier molecular flexibility index (Phi) is 6.18. The molecule has 0 saturated carbocycles. The standard InChI is InChI=1S/C23H22N4O5S/c1-3-16-5-7-18(33-16)21(30)26-23(11-19(28)24-13-23)22(31)25-15-4-6-17(14(2)10-15)27-8-9-32-12-20(27)29/h1,4-7,10H,8-9,11-13H2,2H3,(H,24,28)(H,25,31)(H,26,30). The minimum atomic E-state index is -1.44. The first-order chi connectivity index (χ1) is 15.8. The van der Waals surface area contributed by atoms with E-state index in [-0.39, 0.29) is 31.4 Å². The smallest absolute Gasteiger partial charge is 0.262 e. The molecule has 0 spiro atoms. The average Bonchev–Trinajstić information content (AvgIpc) is 3.42. The summed E-state index contributed by atoms with van der Waals surface area (Å²) in [5, 5.41) is 8.14. The molecule has 0 radical (unpaired) electrons. The maximum atomic E-state index is 13.2. The highest BCUT2D eigenvalue weighted by Crippen LogP contribution is 2.27. The highest BCUT2D eigenvalue weighted by Gasteiger charge is 2.46. The molecule has 2 aromatic rings. The number of aryl methyl sites for hydroxylation is 1. The Labute approximate surface area is 194 Å². The molecule has 4 rings (SSSR count). The first-order valence-corrected chi connectivity index (χ1v) is 11.1. The lowest BCUT2D eigenvalue weighted by atomic mass is 9.96. The van der Waals surface area contributed by atoms with Crippen molar-refractivity contribution in [1.82, 2.24) is 10.6 Å². The zero-order valence-corrected chi connectivity index (χ0v) is 18.7. The summed E-state index contributed by atoms with van der Waals surface area (Å²) in [5.74, 6) is 1.01. The third-order valence-electron chi connectivity index (χ3n) is 5.54. The highest BCUT2D eigenvalue weighted by molar-refractivity contribution is 7.14. The van der Waals surface area contributed by atoms with Crippen LogP contribution in [0.25, 0.3) is 0 Å². The van der Waals surface area contributed by atoms with Crippen molar-refractivity contribution < 1.29 is 23.9 Å². The first kappa shape index (κ1) is 22.5. The number of thiophene rings is 1. The molecule has 9 nitrogen and oxygen atoms in total. The van der Waals surface area contributed by atoms with Crippen LogP contribution in [-0.2, 0) is 19.1 Å². The first-order valence-electron chi connectivity index (χ1n) is 10.3. The minimum absolute atomic E-state index is 0.0316. The second-order valence-corrected chi connectivity index (χ2v) is 8.94. The van der Waals surface area contributed by atoms with Crippen LogP contribution >= 0.6 is 11.3 Å². The van der Waals surface area contributed by atoms with E-state index in [4.69, 9.17) is 11.2 Å². The molecule has 1 aromatic carbocycles. The molecule has 2 fully saturated rings. The van der Waals surface area contributed by atoms with E-state index in [9.17, 15) is 19.2 Å². The predicted molar refractivity (Wildman–Crippen MR) is 123 cm³/mol. The van der Waals surface area contributed by atoms with Crippen LogP contribution < -0.4 is 20.9 Å². The molecule has 33 heavy (non-hydrogen) atoms. The van der Waals surface area contributed by atoms with Gasteiger partial charge in [0.1, 0.15) is 12.1 Å². The fraction of sp³-hybridized carbons (Fsp3) is 0.304. The van der Waals surface area contributed by atoms with Gasteiger partial charge in [0.05, 0.1) is 29.3 Å². The maximum Gasteiger partial charge on any atom is 0.262 e. The summed E-state index contributed by atoms with van der Waals surface area (Å²) in [4.78, 5) is 52.7. The molecule has 3 N–H and O–H groups in total. The number of morpholine rings is 1. The van der Waals surface area contributed by atoms with Crippen molar-refractivity contribution in [3.63, 3.8) is 0 Å². The highest BCUT2D eigenvalue weighted by atomic mass is 32.1. The lowest BCUT2D eigenvalue weighted by Gasteiger charge is -2.29. The molecule has 0 bridgehead atoms. The van der Waals surface area contributed by atoms with E-state index in [0.717, 1.165) is 22.6 Å². The van der Waals surface area contributed by atoms with Gasteiger partial charge in [0, 0.05) is 17.9 Å². The Balaban J connectivity index is 1.52. The SMILES string of the molecule is C#Cc1ccc(C(=O)NC2(C(=O)Nc3ccc(N4CCOCC4=O)c(C)c3)CNC(=O)C2)s1. The zero-order chi connectivity index (χ0) is 23.6. The van der Waals surface area contributed by atoms with Gasteiger partial charge in [0.25, 0.3) is 17.7 Å². The fourth-order valence-electron chi connectivity index (χ4n) is 3.83. The monoisotopic (exact) mass is 466 g/mol. The van der Waals surface area contributed by atoms with Crippen molar-refractivity contribution in [2.45, 2.75) is 18.9 Å². The minimum Gasteiger partial charge on any atom is -0.370 e. The third-order valence-corrected chi connectivity index (χ3v) is 6.56. The van der Waals surface area contributed by atoms with Crippen LogP contribution in [0.3, 0.4) is 0 Å². The number of hydrogen-bond acceptors (Lipinski definition) is 6. The Morgan fingerprint density at radius 3 is 2.73 bits per heavy atom. The number of anilines is 2. The second kappa shape index (κ2) is 9.05. The Hall–Kier alpha value is -3.68. The number of nitrogens with zero attached hydrogens (tertiary/aromatic N) is 1. The number of terminal acetylenes is 1. The molecular weight excluding hydrogens is 444 g/mol. The molecule has 1 atom stereocenters. The van der Waals surface area contributed by atoms with Gasteiger partial charge in [0.2, 0.25) is 5.91 Å². The number of carbonyl (C=O) groups excluding carboxylic acids is 4. The summed E-state index contributed by atoms with van der Waals surface area (Å²) < 4.78 is 5.17. The average molecular weight is 467 g/mol. The number of hydrogen-bond donors (Lipinski definition) is 3. The van der Waals surface area contributed by atoms with Crippen molar-refractivity contribution in [1.29, 1.82) is 0 Å². The van der Waals surface area contributed by atoms with Gasteiger partial charge in [0.15, 0.2) is 0 Å². The predicted octanol–water partition coefficient (Wildman–Crippen LogP) is 1.03. The Morgan fingerprint density at radius 2 is 2.09 bits per heavy atom. The van der Waals surface area contributed by atoms with Gasteiger partial charge >= 0.3 is 0 Å². The Morgan fingerprint density at radius 1 is 1.27 bits per heavy atom. The number of benzene rings is 1. The number of nitrogens with one attached hydrogen (secondary N) is 3. The molecule has 4 amide bonds. The fourth-order valence-corrected chi connectivity index (χ4v) is 4.54. The number of carbonyl (C=O) groups is 4. The summed E-state index contributed by atoms with van der Waals surface area (Å²) >= 11 is 1.13. The van der Waals surface area contributed by atoms with E-state index >= 15 is 0 Å². The summed E-state index contributed by atoms with van der Waals surface area (Å²) in [6, 6.07) is 8.41. The summed E-state index contributed by atoms with van der Waals surface area (Å²) in [6.07, 6.45) is 5.18. The number of rotatable bonds is 5. The topological polar surface area (TPSA) is 117 Å². The summed E-state index contributed by atoms with van der Waals surface area (Å²) in [6.45, 7) is 2.76. The molecule has 2 aliphatic heterocycles. The van der Waals surface area contributed by atoms with Crippen molar-refractivity contribution in [3.8, 4) is 12.3 Å². The van der Waals surface area contributed by atoms with Crippen molar-refractivity contribution >= 4 is 46.3 Å². The molecule has 1 aromatic heterocycles. The van der Waals surface area contributed by atoms with Crippen LogP contribution in [0, 0.1) is 19.3 Å². The molecule has 10 heteroatoms. The van der Waals surface area contributed by atoms with Crippen molar-refractivity contribution in [2.24, 2.45) is 0 Å². The van der Waals surface area contributed by atoms with Gasteiger partial charge in [-0.05, 0) is 42.8 Å². The number of ether oxygens (including phenoxy) is 1. The van der Waals surface area contributed by atoms with Crippen LogP contribution in [0.5, 0.6) is 0 Å². The van der Waals surface area contributed by atoms with Crippen molar-refractivity contribution in [3.05, 3.63) is 45.6 Å². The molecule has 170 valence electrons. The van der Waals surface area contributed by atoms with E-state index in [1.54, 1.807) is 35.2 Å². The van der Waals surface area contributed by atoms with Crippen molar-refractivity contribution in [2.75, 3.05) is 36.5 Å². The third kappa shape index (κ3) is 4.60. The van der Waals surface area contributed by atoms with Crippen LogP contribution in [0.2, 0.25) is 0 Å². The van der Waals surface area contributed by atoms with E-state index in [0.29, 0.717) is 28.6 Å². The quantitative estimate of drug-likeness (QED) is 0.569.